The number of fused-ring (bicyclic) bond motifs is 1. The van der Waals surface area contributed by atoms with Crippen LogP contribution in [0.25, 0.3) is 6.08 Å². The minimum atomic E-state index is -1.27. The molecule has 4 rings (SSSR count). The minimum Gasteiger partial charge on any atom is -0.458 e. The maximum absolute atomic E-state index is 14.0. The number of aromatic nitrogens is 1. The summed E-state index contributed by atoms with van der Waals surface area (Å²) in [5.41, 5.74) is 1.01. The molecule has 0 amide bonds. The number of benzene rings is 1. The number of hydrogen-bond acceptors (Lipinski definition) is 8. The first kappa shape index (κ1) is 31.5. The Morgan fingerprint density at radius 3 is 2.54 bits per heavy atom. The van der Waals surface area contributed by atoms with Gasteiger partial charge in [-0.3, -0.25) is 9.59 Å². The Morgan fingerprint density at radius 2 is 1.88 bits per heavy atom. The van der Waals surface area contributed by atoms with Gasteiger partial charge in [0, 0.05) is 17.7 Å². The molecular formula is C33H45NO6S. The fraction of sp³-hybridized carbons (Fsp3) is 0.606. The molecule has 7 nitrogen and oxygen atoms in total. The second-order valence-electron chi connectivity index (χ2n) is 12.8. The van der Waals surface area contributed by atoms with Gasteiger partial charge >= 0.3 is 5.97 Å². The molecule has 0 radical (unpaired) electrons. The molecule has 41 heavy (non-hydrogen) atoms. The molecule has 0 spiro atoms. The van der Waals surface area contributed by atoms with Crippen molar-refractivity contribution in [1.29, 1.82) is 0 Å². The first-order chi connectivity index (χ1) is 19.3. The molecule has 3 heterocycles. The minimum absolute atomic E-state index is 0.0669. The van der Waals surface area contributed by atoms with Crippen LogP contribution >= 0.6 is 11.3 Å². The number of carbonyl (C=O) groups is 2. The molecule has 8 heteroatoms. The van der Waals surface area contributed by atoms with Crippen molar-refractivity contribution in [3.8, 4) is 0 Å². The molecule has 2 aliphatic rings. The number of rotatable bonds is 4. The Hall–Kier alpha value is -2.39. The summed E-state index contributed by atoms with van der Waals surface area (Å²) in [6.07, 6.45) is 2.09. The van der Waals surface area contributed by atoms with Crippen molar-refractivity contribution in [3.05, 3.63) is 57.6 Å². The summed E-state index contributed by atoms with van der Waals surface area (Å²) in [4.78, 5) is 31.7. The number of nitrogens with zero attached hydrogens (tertiary/aromatic N) is 1. The summed E-state index contributed by atoms with van der Waals surface area (Å²) in [5.74, 6) is -1.68. The van der Waals surface area contributed by atoms with Crippen molar-refractivity contribution in [3.63, 3.8) is 0 Å². The number of aliphatic hydroxyl groups excluding tert-OH is 2. The Labute approximate surface area is 248 Å². The van der Waals surface area contributed by atoms with Crippen LogP contribution in [-0.2, 0) is 25.5 Å². The molecule has 0 bridgehead atoms. The zero-order valence-corrected chi connectivity index (χ0v) is 25.9. The Morgan fingerprint density at radius 1 is 1.17 bits per heavy atom. The van der Waals surface area contributed by atoms with E-state index in [2.05, 4.69) is 11.9 Å². The summed E-state index contributed by atoms with van der Waals surface area (Å²) in [6, 6.07) is 9.63. The molecule has 2 saturated heterocycles. The highest BCUT2D eigenvalue weighted by atomic mass is 32.1. The van der Waals surface area contributed by atoms with Gasteiger partial charge in [0.2, 0.25) is 0 Å². The summed E-state index contributed by atoms with van der Waals surface area (Å²) in [6.45, 7) is 11.2. The number of cyclic esters (lactones) is 1. The van der Waals surface area contributed by atoms with Gasteiger partial charge in [0.15, 0.2) is 0 Å². The zero-order chi connectivity index (χ0) is 29.9. The lowest BCUT2D eigenvalue weighted by Gasteiger charge is -2.36. The van der Waals surface area contributed by atoms with Crippen LogP contribution in [0, 0.1) is 24.2 Å². The monoisotopic (exact) mass is 583 g/mol. The fourth-order valence-corrected chi connectivity index (χ4v) is 6.51. The molecule has 7 atom stereocenters. The number of Topliss-reactive ketones (excluding diaryl/α,β-unsaturated/α-hetero) is 1. The van der Waals surface area contributed by atoms with Gasteiger partial charge in [-0.05, 0) is 63.2 Å². The first-order valence-electron chi connectivity index (χ1n) is 14.7. The zero-order valence-electron chi connectivity index (χ0n) is 25.1. The number of aryl methyl sites for hydroxylation is 1. The molecule has 2 aliphatic heterocycles. The lowest BCUT2D eigenvalue weighted by Crippen LogP contribution is -2.47. The Kier molecular flexibility index (Phi) is 9.89. The predicted octanol–water partition coefficient (Wildman–Crippen LogP) is 5.70. The van der Waals surface area contributed by atoms with E-state index in [0.29, 0.717) is 12.8 Å². The van der Waals surface area contributed by atoms with Crippen LogP contribution in [0.5, 0.6) is 0 Å². The molecule has 0 aliphatic carbocycles. The van der Waals surface area contributed by atoms with Crippen molar-refractivity contribution in [2.75, 3.05) is 0 Å². The largest absolute Gasteiger partial charge is 0.458 e. The molecule has 1 aromatic heterocycles. The van der Waals surface area contributed by atoms with Crippen LogP contribution in [0.15, 0.2) is 41.3 Å². The Balaban J connectivity index is 1.61. The molecule has 2 aromatic rings. The van der Waals surface area contributed by atoms with Crippen LogP contribution in [0.3, 0.4) is 0 Å². The van der Waals surface area contributed by atoms with E-state index < -0.39 is 35.6 Å². The quantitative estimate of drug-likeness (QED) is 0.351. The van der Waals surface area contributed by atoms with E-state index in [-0.39, 0.29) is 29.8 Å². The van der Waals surface area contributed by atoms with Crippen LogP contribution in [-0.4, -0.2) is 57.0 Å². The summed E-state index contributed by atoms with van der Waals surface area (Å²) in [7, 11) is 0. The molecule has 224 valence electrons. The maximum Gasteiger partial charge on any atom is 0.309 e. The van der Waals surface area contributed by atoms with Gasteiger partial charge in [-0.15, -0.1) is 11.3 Å². The number of hydrogen-bond donors (Lipinski definition) is 2. The van der Waals surface area contributed by atoms with Crippen LogP contribution in [0.4, 0.5) is 0 Å². The van der Waals surface area contributed by atoms with Gasteiger partial charge in [-0.25, -0.2) is 4.98 Å². The van der Waals surface area contributed by atoms with Gasteiger partial charge < -0.3 is 19.7 Å². The molecule has 2 fully saturated rings. The van der Waals surface area contributed by atoms with Crippen LogP contribution < -0.4 is 0 Å². The maximum atomic E-state index is 14.0. The van der Waals surface area contributed by atoms with Crippen molar-refractivity contribution >= 4 is 29.2 Å². The van der Waals surface area contributed by atoms with Crippen molar-refractivity contribution < 1.29 is 29.3 Å². The third-order valence-electron chi connectivity index (χ3n) is 9.05. The fourth-order valence-electron chi connectivity index (χ4n) is 5.94. The average molecular weight is 584 g/mol. The van der Waals surface area contributed by atoms with E-state index in [9.17, 15) is 19.8 Å². The lowest BCUT2D eigenvalue weighted by molar-refractivity contribution is -0.154. The Bertz CT molecular complexity index is 1240. The normalized spacial score (nSPS) is 33.6. The first-order valence-corrected chi connectivity index (χ1v) is 15.6. The summed E-state index contributed by atoms with van der Waals surface area (Å²) < 4.78 is 12.1. The highest BCUT2D eigenvalue weighted by Crippen LogP contribution is 2.45. The van der Waals surface area contributed by atoms with Crippen molar-refractivity contribution in [2.45, 2.75) is 110 Å². The SMILES string of the molecule is CC(=Cc1csc(C)n1)C1C[C@@H]2O[C@]2(C)CCC[C@H](C)C(O)C(Cc2ccccc2)C(=O)C(C)(C)C(O)CC(=O)O1. The van der Waals surface area contributed by atoms with E-state index in [4.69, 9.17) is 9.47 Å². The van der Waals surface area contributed by atoms with Crippen LogP contribution in [0.1, 0.15) is 83.0 Å². The number of aliphatic hydroxyl groups is 2. The average Bonchev–Trinajstić information content (AvgIpc) is 3.37. The number of carbonyl (C=O) groups excluding carboxylic acids is 2. The standard InChI is InChI=1S/C33H45NO6S/c1-20-11-10-14-33(6)28(40-33)17-26(21(2)15-24-19-41-22(3)34-24)39-29(36)18-27(35)32(4,5)31(38)25(30(20)37)16-23-12-8-7-9-13-23/h7-9,12-13,15,19-20,25-28,30,35,37H,10-11,14,16-18H2,1-6H3/t20-,25?,26?,27?,28-,30?,33+/m0/s1. The highest BCUT2D eigenvalue weighted by Gasteiger charge is 2.53. The number of ether oxygens (including phenoxy) is 2. The predicted molar refractivity (Wildman–Crippen MR) is 160 cm³/mol. The highest BCUT2D eigenvalue weighted by molar-refractivity contribution is 7.09. The second-order valence-corrected chi connectivity index (χ2v) is 13.8. The third-order valence-corrected chi connectivity index (χ3v) is 9.84. The lowest BCUT2D eigenvalue weighted by atomic mass is 9.70. The van der Waals surface area contributed by atoms with Gasteiger partial charge in [0.1, 0.15) is 11.9 Å². The van der Waals surface area contributed by atoms with Crippen molar-refractivity contribution in [2.24, 2.45) is 17.3 Å². The van der Waals surface area contributed by atoms with E-state index in [0.717, 1.165) is 41.1 Å². The van der Waals surface area contributed by atoms with E-state index >= 15 is 0 Å². The van der Waals surface area contributed by atoms with E-state index in [1.165, 1.54) is 0 Å². The molecular weight excluding hydrogens is 538 g/mol. The number of thiazole rings is 1. The number of epoxide rings is 1. The molecule has 0 saturated carbocycles. The van der Waals surface area contributed by atoms with E-state index in [1.54, 1.807) is 25.2 Å². The number of esters is 1. The summed E-state index contributed by atoms with van der Waals surface area (Å²) in [5, 5.41) is 25.6. The van der Waals surface area contributed by atoms with Gasteiger partial charge in [0.25, 0.3) is 0 Å². The topological polar surface area (TPSA) is 109 Å². The van der Waals surface area contributed by atoms with Gasteiger partial charge in [0.05, 0.1) is 46.5 Å². The molecule has 1 aromatic carbocycles. The smallest absolute Gasteiger partial charge is 0.309 e. The number of ketones is 1. The molecule has 2 N–H and O–H groups in total. The van der Waals surface area contributed by atoms with Gasteiger partial charge in [-0.2, -0.15) is 0 Å². The molecule has 4 unspecified atom stereocenters. The van der Waals surface area contributed by atoms with Crippen molar-refractivity contribution in [1.82, 2.24) is 4.98 Å². The summed E-state index contributed by atoms with van der Waals surface area (Å²) >= 11 is 1.56. The third kappa shape index (κ3) is 7.72. The van der Waals surface area contributed by atoms with Gasteiger partial charge in [-0.1, -0.05) is 57.5 Å². The second kappa shape index (κ2) is 12.9. The van der Waals surface area contributed by atoms with E-state index in [1.807, 2.05) is 62.6 Å². The van der Waals surface area contributed by atoms with Crippen LogP contribution in [0.2, 0.25) is 0 Å².